The second kappa shape index (κ2) is 7.86. The normalized spacial score (nSPS) is 19.5. The van der Waals surface area contributed by atoms with Gasteiger partial charge in [-0.1, -0.05) is 12.8 Å². The van der Waals surface area contributed by atoms with Crippen LogP contribution in [0.4, 0.5) is 0 Å². The van der Waals surface area contributed by atoms with Gasteiger partial charge in [0.1, 0.15) is 23.0 Å². The molecule has 2 aromatic rings. The van der Waals surface area contributed by atoms with E-state index in [4.69, 9.17) is 8.83 Å². The van der Waals surface area contributed by atoms with Crippen LogP contribution < -0.4 is 0 Å². The predicted molar refractivity (Wildman–Crippen MR) is 107 cm³/mol. The van der Waals surface area contributed by atoms with E-state index in [1.165, 1.54) is 0 Å². The van der Waals surface area contributed by atoms with Crippen molar-refractivity contribution in [3.05, 3.63) is 46.3 Å². The van der Waals surface area contributed by atoms with Gasteiger partial charge in [0.2, 0.25) is 0 Å². The molecule has 0 unspecified atom stereocenters. The highest BCUT2D eigenvalue weighted by Crippen LogP contribution is 2.29. The van der Waals surface area contributed by atoms with E-state index in [0.29, 0.717) is 22.6 Å². The van der Waals surface area contributed by atoms with Crippen molar-refractivity contribution in [2.24, 2.45) is 0 Å². The number of carbonyl (C=O) groups is 2. The first-order valence-electron chi connectivity index (χ1n) is 9.89. The third-order valence-corrected chi connectivity index (χ3v) is 5.87. The molecule has 0 N–H and O–H groups in total. The summed E-state index contributed by atoms with van der Waals surface area (Å²) in [4.78, 5) is 29.8. The summed E-state index contributed by atoms with van der Waals surface area (Å²) >= 11 is 0. The summed E-state index contributed by atoms with van der Waals surface area (Å²) in [6.07, 6.45) is 3.86. The molecule has 2 amide bonds. The maximum atomic E-state index is 13.1. The van der Waals surface area contributed by atoms with Crippen molar-refractivity contribution in [3.63, 3.8) is 0 Å². The van der Waals surface area contributed by atoms with E-state index in [9.17, 15) is 9.59 Å². The van der Waals surface area contributed by atoms with E-state index < -0.39 is 0 Å². The maximum absolute atomic E-state index is 13.1. The fourth-order valence-electron chi connectivity index (χ4n) is 4.36. The Morgan fingerprint density at radius 3 is 1.43 bits per heavy atom. The zero-order valence-corrected chi connectivity index (χ0v) is 17.7. The van der Waals surface area contributed by atoms with Gasteiger partial charge in [0, 0.05) is 14.1 Å². The zero-order chi connectivity index (χ0) is 20.6. The number of rotatable bonds is 4. The Kier molecular flexibility index (Phi) is 5.68. The quantitative estimate of drug-likeness (QED) is 0.787. The molecule has 0 bridgehead atoms. The van der Waals surface area contributed by atoms with Crippen molar-refractivity contribution in [1.82, 2.24) is 9.80 Å². The topological polar surface area (TPSA) is 66.9 Å². The maximum Gasteiger partial charge on any atom is 0.257 e. The van der Waals surface area contributed by atoms with Gasteiger partial charge in [-0.15, -0.1) is 0 Å². The molecule has 2 atom stereocenters. The molecular weight excluding hydrogens is 356 g/mol. The molecule has 0 aromatic carbocycles. The third kappa shape index (κ3) is 3.73. The minimum absolute atomic E-state index is 0.0295. The van der Waals surface area contributed by atoms with Crippen LogP contribution in [0.5, 0.6) is 0 Å². The van der Waals surface area contributed by atoms with E-state index in [2.05, 4.69) is 0 Å². The Labute approximate surface area is 166 Å². The van der Waals surface area contributed by atoms with Crippen molar-refractivity contribution in [2.75, 3.05) is 14.1 Å². The van der Waals surface area contributed by atoms with Crippen LogP contribution >= 0.6 is 0 Å². The van der Waals surface area contributed by atoms with Crippen molar-refractivity contribution >= 4 is 11.8 Å². The molecule has 3 rings (SSSR count). The van der Waals surface area contributed by atoms with Crippen molar-refractivity contribution in [1.29, 1.82) is 0 Å². The lowest BCUT2D eigenvalue weighted by Gasteiger charge is -2.42. The van der Waals surface area contributed by atoms with Gasteiger partial charge in [0.15, 0.2) is 0 Å². The zero-order valence-electron chi connectivity index (χ0n) is 17.7. The highest BCUT2D eigenvalue weighted by molar-refractivity contribution is 5.96. The van der Waals surface area contributed by atoms with Crippen LogP contribution in [0.3, 0.4) is 0 Å². The van der Waals surface area contributed by atoms with Gasteiger partial charge in [0.05, 0.1) is 23.2 Å². The summed E-state index contributed by atoms with van der Waals surface area (Å²) in [7, 11) is 3.66. The lowest BCUT2D eigenvalue weighted by atomic mass is 9.87. The van der Waals surface area contributed by atoms with Gasteiger partial charge < -0.3 is 18.6 Å². The fraction of sp³-hybridized carbons (Fsp3) is 0.545. The number of likely N-dealkylation sites (N-methyl/N-ethyl adjacent to an activating group) is 2. The molecule has 1 aliphatic carbocycles. The average Bonchev–Trinajstić information content (AvgIpc) is 3.19. The summed E-state index contributed by atoms with van der Waals surface area (Å²) in [6, 6.07) is 3.52. The summed E-state index contributed by atoms with van der Waals surface area (Å²) in [5.41, 5.74) is 1.19. The van der Waals surface area contributed by atoms with Gasteiger partial charge in [0.25, 0.3) is 11.8 Å². The Balaban J connectivity index is 1.83. The van der Waals surface area contributed by atoms with Crippen LogP contribution in [0.15, 0.2) is 21.0 Å². The van der Waals surface area contributed by atoms with Gasteiger partial charge in [-0.25, -0.2) is 0 Å². The summed E-state index contributed by atoms with van der Waals surface area (Å²) in [5.74, 6) is 2.62. The number of hydrogen-bond donors (Lipinski definition) is 0. The standard InChI is InChI=1S/C22H30N2O4/c1-13-11-17(15(3)27-13)21(25)23(5)19-9-7-8-10-20(19)24(6)22(26)18-12-14(2)28-16(18)4/h11-12,19-20H,7-10H2,1-6H3/t19-,20+. The van der Waals surface area contributed by atoms with Gasteiger partial charge >= 0.3 is 0 Å². The number of furan rings is 2. The van der Waals surface area contributed by atoms with Crippen LogP contribution in [0, 0.1) is 27.7 Å². The first-order valence-corrected chi connectivity index (χ1v) is 9.89. The first-order chi connectivity index (χ1) is 13.2. The summed E-state index contributed by atoms with van der Waals surface area (Å²) in [6.45, 7) is 7.31. The smallest absolute Gasteiger partial charge is 0.257 e. The average molecular weight is 386 g/mol. The highest BCUT2D eigenvalue weighted by atomic mass is 16.3. The molecule has 0 spiro atoms. The molecule has 0 radical (unpaired) electrons. The molecule has 0 aliphatic heterocycles. The molecule has 2 heterocycles. The van der Waals surface area contributed by atoms with E-state index in [-0.39, 0.29) is 23.9 Å². The number of aryl methyl sites for hydroxylation is 4. The second-order valence-corrected chi connectivity index (χ2v) is 7.91. The van der Waals surface area contributed by atoms with Crippen molar-refractivity contribution in [2.45, 2.75) is 65.5 Å². The number of hydrogen-bond acceptors (Lipinski definition) is 4. The number of amides is 2. The molecule has 1 fully saturated rings. The lowest BCUT2D eigenvalue weighted by Crippen LogP contribution is -2.54. The Morgan fingerprint density at radius 2 is 1.14 bits per heavy atom. The summed E-state index contributed by atoms with van der Waals surface area (Å²) < 4.78 is 11.1. The van der Waals surface area contributed by atoms with Gasteiger partial charge in [-0.3, -0.25) is 9.59 Å². The van der Waals surface area contributed by atoms with Gasteiger partial charge in [-0.2, -0.15) is 0 Å². The second-order valence-electron chi connectivity index (χ2n) is 7.91. The Hall–Kier alpha value is -2.50. The van der Waals surface area contributed by atoms with E-state index in [1.807, 2.05) is 41.8 Å². The molecule has 2 aromatic heterocycles. The van der Waals surface area contributed by atoms with Crippen molar-refractivity contribution < 1.29 is 18.4 Å². The number of carbonyl (C=O) groups excluding carboxylic acids is 2. The molecule has 1 aliphatic rings. The van der Waals surface area contributed by atoms with Crippen LogP contribution in [0.1, 0.15) is 69.4 Å². The number of nitrogens with zero attached hydrogens (tertiary/aromatic N) is 2. The monoisotopic (exact) mass is 386 g/mol. The Bertz CT molecular complexity index is 807. The molecular formula is C22H30N2O4. The van der Waals surface area contributed by atoms with E-state index >= 15 is 0 Å². The largest absolute Gasteiger partial charge is 0.466 e. The predicted octanol–water partition coefficient (Wildman–Crippen LogP) is 4.26. The van der Waals surface area contributed by atoms with Gasteiger partial charge in [-0.05, 0) is 52.7 Å². The van der Waals surface area contributed by atoms with Crippen LogP contribution in [-0.2, 0) is 0 Å². The minimum atomic E-state index is -0.0533. The fourth-order valence-corrected chi connectivity index (χ4v) is 4.36. The van der Waals surface area contributed by atoms with Crippen LogP contribution in [0.25, 0.3) is 0 Å². The molecule has 152 valence electrons. The van der Waals surface area contributed by atoms with Crippen molar-refractivity contribution in [3.8, 4) is 0 Å². The molecule has 1 saturated carbocycles. The Morgan fingerprint density at radius 1 is 0.786 bits per heavy atom. The minimum Gasteiger partial charge on any atom is -0.466 e. The van der Waals surface area contributed by atoms with E-state index in [0.717, 1.165) is 37.2 Å². The molecule has 6 heteroatoms. The molecule has 6 nitrogen and oxygen atoms in total. The third-order valence-electron chi connectivity index (χ3n) is 5.87. The van der Waals surface area contributed by atoms with E-state index in [1.54, 1.807) is 21.9 Å². The summed E-state index contributed by atoms with van der Waals surface area (Å²) in [5, 5.41) is 0. The lowest BCUT2D eigenvalue weighted by molar-refractivity contribution is 0.0419. The SMILES string of the molecule is Cc1cc(C(=O)N(C)[C@@H]2CCCC[C@@H]2N(C)C(=O)c2cc(C)oc2C)c(C)o1. The van der Waals surface area contributed by atoms with Crippen LogP contribution in [-0.4, -0.2) is 47.8 Å². The molecule has 28 heavy (non-hydrogen) atoms. The highest BCUT2D eigenvalue weighted by Gasteiger charge is 2.37. The van der Waals surface area contributed by atoms with Crippen LogP contribution in [0.2, 0.25) is 0 Å². The first kappa shape index (κ1) is 20.2. The molecule has 0 saturated heterocycles.